The number of carbonyl (C=O) groups excluding carboxylic acids is 2. The molecule has 0 fully saturated rings. The van der Waals surface area contributed by atoms with Crippen LogP contribution in [-0.2, 0) is 32.6 Å². The summed E-state index contributed by atoms with van der Waals surface area (Å²) >= 11 is 6.17. The van der Waals surface area contributed by atoms with Gasteiger partial charge < -0.3 is 15.0 Å². The third-order valence-corrected chi connectivity index (χ3v) is 7.85. The predicted octanol–water partition coefficient (Wildman–Crippen LogP) is 4.81. The van der Waals surface area contributed by atoms with E-state index in [1.165, 1.54) is 48.4 Å². The van der Waals surface area contributed by atoms with Gasteiger partial charge in [-0.15, -0.1) is 0 Å². The Labute approximate surface area is 246 Å². The summed E-state index contributed by atoms with van der Waals surface area (Å²) in [6.45, 7) is 1.47. The number of hydrogen-bond donors (Lipinski definition) is 1. The number of unbranched alkanes of at least 4 members (excludes halogenated alkanes) is 1. The summed E-state index contributed by atoms with van der Waals surface area (Å²) in [6, 6.07) is 18.5. The molecule has 0 aliphatic rings. The lowest BCUT2D eigenvalue weighted by atomic mass is 10.0. The van der Waals surface area contributed by atoms with Crippen LogP contribution in [0, 0.1) is 5.82 Å². The molecule has 0 heterocycles. The van der Waals surface area contributed by atoms with E-state index in [0.29, 0.717) is 6.54 Å². The molecule has 0 saturated carbocycles. The smallest absolute Gasteiger partial charge is 0.244 e. The van der Waals surface area contributed by atoms with E-state index in [4.69, 9.17) is 16.3 Å². The Kier molecular flexibility index (Phi) is 11.5. The van der Waals surface area contributed by atoms with Crippen LogP contribution < -0.4 is 14.4 Å². The number of nitrogens with one attached hydrogen (secondary N) is 1. The standard InChI is InChI=1S/C30H35ClFN3O5S/c1-4-5-17-33-30(37)27(18-22-11-7-6-8-12-22)34(20-23-13-9-10-14-25(23)32)29(36)21-35(41(3,38)39)26-19-24(31)15-16-28(26)40-2/h6-16,19,27H,4-5,17-18,20-21H2,1-3H3,(H,33,37)/t27-/m0/s1. The van der Waals surface area contributed by atoms with E-state index in [-0.39, 0.29) is 35.0 Å². The Morgan fingerprint density at radius 3 is 2.37 bits per heavy atom. The number of ether oxygens (including phenoxy) is 1. The molecule has 0 unspecified atom stereocenters. The number of hydrogen-bond acceptors (Lipinski definition) is 5. The van der Waals surface area contributed by atoms with Gasteiger partial charge in [-0.1, -0.05) is 73.5 Å². The van der Waals surface area contributed by atoms with E-state index in [1.54, 1.807) is 6.07 Å². The highest BCUT2D eigenvalue weighted by molar-refractivity contribution is 7.92. The van der Waals surface area contributed by atoms with Gasteiger partial charge in [0.15, 0.2) is 0 Å². The molecule has 41 heavy (non-hydrogen) atoms. The van der Waals surface area contributed by atoms with Crippen molar-refractivity contribution in [2.75, 3.05) is 30.8 Å². The number of methoxy groups -OCH3 is 1. The van der Waals surface area contributed by atoms with Crippen molar-refractivity contribution in [3.8, 4) is 5.75 Å². The molecule has 11 heteroatoms. The molecule has 0 saturated heterocycles. The summed E-state index contributed by atoms with van der Waals surface area (Å²) in [5.41, 5.74) is 1.03. The van der Waals surface area contributed by atoms with Crippen LogP contribution in [0.25, 0.3) is 0 Å². The molecule has 220 valence electrons. The molecular weight excluding hydrogens is 569 g/mol. The molecule has 8 nitrogen and oxygen atoms in total. The van der Waals surface area contributed by atoms with Crippen LogP contribution in [-0.4, -0.2) is 57.6 Å². The fourth-order valence-electron chi connectivity index (χ4n) is 4.32. The van der Waals surface area contributed by atoms with Crippen molar-refractivity contribution >= 4 is 39.1 Å². The van der Waals surface area contributed by atoms with Gasteiger partial charge in [0, 0.05) is 30.1 Å². The number of sulfonamides is 1. The zero-order valence-electron chi connectivity index (χ0n) is 23.3. The minimum Gasteiger partial charge on any atom is -0.495 e. The third-order valence-electron chi connectivity index (χ3n) is 6.49. The normalized spacial score (nSPS) is 11.9. The molecule has 0 aliphatic carbocycles. The Morgan fingerprint density at radius 2 is 1.73 bits per heavy atom. The molecule has 0 aromatic heterocycles. The monoisotopic (exact) mass is 603 g/mol. The van der Waals surface area contributed by atoms with Crippen molar-refractivity contribution in [1.29, 1.82) is 0 Å². The first kappa shape index (κ1) is 31.9. The molecule has 0 bridgehead atoms. The van der Waals surface area contributed by atoms with E-state index in [1.807, 2.05) is 37.3 Å². The minimum atomic E-state index is -4.03. The van der Waals surface area contributed by atoms with Gasteiger partial charge >= 0.3 is 0 Å². The van der Waals surface area contributed by atoms with E-state index in [0.717, 1.165) is 29.0 Å². The van der Waals surface area contributed by atoms with Gasteiger partial charge in [0.25, 0.3) is 0 Å². The van der Waals surface area contributed by atoms with Gasteiger partial charge in [0.2, 0.25) is 21.8 Å². The van der Waals surface area contributed by atoms with Gasteiger partial charge in [-0.05, 0) is 36.2 Å². The molecule has 3 aromatic rings. The summed E-state index contributed by atoms with van der Waals surface area (Å²) in [4.78, 5) is 28.9. The molecule has 2 amide bonds. The van der Waals surface area contributed by atoms with Gasteiger partial charge in [0.05, 0.1) is 19.1 Å². The lowest BCUT2D eigenvalue weighted by Crippen LogP contribution is -2.53. The predicted molar refractivity (Wildman–Crippen MR) is 159 cm³/mol. The molecule has 0 radical (unpaired) electrons. The highest BCUT2D eigenvalue weighted by Crippen LogP contribution is 2.33. The summed E-state index contributed by atoms with van der Waals surface area (Å²) in [5, 5.41) is 3.12. The quantitative estimate of drug-likeness (QED) is 0.267. The first-order valence-electron chi connectivity index (χ1n) is 13.2. The molecular formula is C30H35ClFN3O5S. The number of benzene rings is 3. The molecule has 0 spiro atoms. The molecule has 1 N–H and O–H groups in total. The molecule has 3 aromatic carbocycles. The summed E-state index contributed by atoms with van der Waals surface area (Å²) in [5.74, 6) is -1.48. The highest BCUT2D eigenvalue weighted by atomic mass is 35.5. The van der Waals surface area contributed by atoms with Crippen LogP contribution in [0.1, 0.15) is 30.9 Å². The van der Waals surface area contributed by atoms with Crippen molar-refractivity contribution in [2.24, 2.45) is 0 Å². The fraction of sp³-hybridized carbons (Fsp3) is 0.333. The van der Waals surface area contributed by atoms with E-state index in [2.05, 4.69) is 5.32 Å². The number of anilines is 1. The second kappa shape index (κ2) is 14.8. The van der Waals surface area contributed by atoms with Crippen LogP contribution in [0.5, 0.6) is 5.75 Å². The lowest BCUT2D eigenvalue weighted by Gasteiger charge is -2.33. The molecule has 3 rings (SSSR count). The van der Waals surface area contributed by atoms with Gasteiger partial charge in [0.1, 0.15) is 24.2 Å². The van der Waals surface area contributed by atoms with Crippen molar-refractivity contribution in [3.05, 3.63) is 94.8 Å². The lowest BCUT2D eigenvalue weighted by molar-refractivity contribution is -0.140. The average molecular weight is 604 g/mol. The number of rotatable bonds is 14. The van der Waals surface area contributed by atoms with Gasteiger partial charge in [-0.25, -0.2) is 12.8 Å². The summed E-state index contributed by atoms with van der Waals surface area (Å²) in [6.07, 6.45) is 2.69. The number of carbonyl (C=O) groups is 2. The van der Waals surface area contributed by atoms with Crippen LogP contribution >= 0.6 is 11.6 Å². The van der Waals surface area contributed by atoms with Crippen LogP contribution in [0.15, 0.2) is 72.8 Å². The fourth-order valence-corrected chi connectivity index (χ4v) is 5.33. The second-order valence-corrected chi connectivity index (χ2v) is 11.9. The SMILES string of the molecule is CCCCNC(=O)[C@H](Cc1ccccc1)N(Cc1ccccc1F)C(=O)CN(c1cc(Cl)ccc1OC)S(C)(=O)=O. The van der Waals surface area contributed by atoms with Crippen LogP contribution in [0.3, 0.4) is 0 Å². The Bertz CT molecular complexity index is 1440. The number of amides is 2. The van der Waals surface area contributed by atoms with E-state index in [9.17, 15) is 22.4 Å². The Hall–Kier alpha value is -3.63. The highest BCUT2D eigenvalue weighted by Gasteiger charge is 2.34. The average Bonchev–Trinajstić information content (AvgIpc) is 2.94. The first-order valence-corrected chi connectivity index (χ1v) is 15.4. The van der Waals surface area contributed by atoms with Gasteiger partial charge in [-0.3, -0.25) is 13.9 Å². The zero-order valence-corrected chi connectivity index (χ0v) is 24.9. The van der Waals surface area contributed by atoms with Gasteiger partial charge in [-0.2, -0.15) is 0 Å². The maximum atomic E-state index is 14.8. The maximum absolute atomic E-state index is 14.8. The topological polar surface area (TPSA) is 96.0 Å². The molecule has 1 atom stereocenters. The second-order valence-electron chi connectivity index (χ2n) is 9.55. The number of nitrogens with zero attached hydrogens (tertiary/aromatic N) is 2. The van der Waals surface area contributed by atoms with Crippen molar-refractivity contribution in [3.63, 3.8) is 0 Å². The first-order chi connectivity index (χ1) is 19.5. The van der Waals surface area contributed by atoms with Crippen molar-refractivity contribution < 1.29 is 27.1 Å². The zero-order chi connectivity index (χ0) is 30.0. The Morgan fingerprint density at radius 1 is 1.05 bits per heavy atom. The summed E-state index contributed by atoms with van der Waals surface area (Å²) < 4.78 is 47.0. The number of halogens is 2. The molecule has 0 aliphatic heterocycles. The van der Waals surface area contributed by atoms with Crippen molar-refractivity contribution in [2.45, 2.75) is 38.8 Å². The van der Waals surface area contributed by atoms with E-state index < -0.39 is 40.2 Å². The maximum Gasteiger partial charge on any atom is 0.244 e. The van der Waals surface area contributed by atoms with Crippen LogP contribution in [0.2, 0.25) is 5.02 Å². The minimum absolute atomic E-state index is 0.0636. The largest absolute Gasteiger partial charge is 0.495 e. The van der Waals surface area contributed by atoms with Crippen molar-refractivity contribution in [1.82, 2.24) is 10.2 Å². The summed E-state index contributed by atoms with van der Waals surface area (Å²) in [7, 11) is -2.66. The van der Waals surface area contributed by atoms with E-state index >= 15 is 0 Å². The Balaban J connectivity index is 2.09. The third kappa shape index (κ3) is 8.93. The van der Waals surface area contributed by atoms with Crippen LogP contribution in [0.4, 0.5) is 10.1 Å².